The van der Waals surface area contributed by atoms with E-state index in [-0.39, 0.29) is 0 Å². The van der Waals surface area contributed by atoms with Crippen LogP contribution in [0.25, 0.3) is 10.9 Å². The SMILES string of the molecule is Cc1cccc(NC(=S)N(CCc2c(C)[nH]c3ccc(C)cc23)Cc2cccnc2)c1. The second-order valence-electron chi connectivity index (χ2n) is 8.11. The van der Waals surface area contributed by atoms with E-state index in [2.05, 4.69) is 77.4 Å². The van der Waals surface area contributed by atoms with Gasteiger partial charge in [0.15, 0.2) is 5.11 Å². The topological polar surface area (TPSA) is 44.0 Å². The number of fused-ring (bicyclic) bond motifs is 1. The summed E-state index contributed by atoms with van der Waals surface area (Å²) in [6.07, 6.45) is 4.61. The Bertz CT molecular complexity index is 1200. The van der Waals surface area contributed by atoms with Crippen molar-refractivity contribution in [1.29, 1.82) is 0 Å². The first-order chi connectivity index (χ1) is 15.0. The first-order valence-corrected chi connectivity index (χ1v) is 11.0. The number of aromatic nitrogens is 2. The number of anilines is 1. The minimum absolute atomic E-state index is 0.714. The number of aromatic amines is 1. The Hall–Kier alpha value is -3.18. The third-order valence-electron chi connectivity index (χ3n) is 5.56. The molecular weight excluding hydrogens is 400 g/mol. The molecule has 0 bridgehead atoms. The lowest BCUT2D eigenvalue weighted by atomic mass is 10.1. The average molecular weight is 429 g/mol. The van der Waals surface area contributed by atoms with Crippen molar-refractivity contribution in [3.63, 3.8) is 0 Å². The Morgan fingerprint density at radius 3 is 2.65 bits per heavy atom. The van der Waals surface area contributed by atoms with Crippen LogP contribution in [0, 0.1) is 20.8 Å². The fourth-order valence-electron chi connectivity index (χ4n) is 3.95. The van der Waals surface area contributed by atoms with E-state index in [4.69, 9.17) is 12.2 Å². The van der Waals surface area contributed by atoms with Gasteiger partial charge in [-0.3, -0.25) is 4.98 Å². The lowest BCUT2D eigenvalue weighted by molar-refractivity contribution is 0.422. The summed E-state index contributed by atoms with van der Waals surface area (Å²) >= 11 is 5.83. The van der Waals surface area contributed by atoms with Gasteiger partial charge in [0.2, 0.25) is 0 Å². The number of nitrogens with zero attached hydrogens (tertiary/aromatic N) is 2. The van der Waals surface area contributed by atoms with E-state index in [0.717, 1.165) is 29.3 Å². The summed E-state index contributed by atoms with van der Waals surface area (Å²) in [5.74, 6) is 0. The highest BCUT2D eigenvalue weighted by atomic mass is 32.1. The van der Waals surface area contributed by atoms with Crippen LogP contribution in [0.3, 0.4) is 0 Å². The Morgan fingerprint density at radius 2 is 1.87 bits per heavy atom. The van der Waals surface area contributed by atoms with Crippen LogP contribution >= 0.6 is 12.2 Å². The van der Waals surface area contributed by atoms with E-state index in [1.807, 2.05) is 24.4 Å². The molecule has 4 aromatic rings. The number of aryl methyl sites for hydroxylation is 3. The monoisotopic (exact) mass is 428 g/mol. The molecule has 2 N–H and O–H groups in total. The van der Waals surface area contributed by atoms with Crippen LogP contribution in [-0.2, 0) is 13.0 Å². The molecule has 0 aliphatic heterocycles. The number of hydrogen-bond donors (Lipinski definition) is 2. The number of benzene rings is 2. The highest BCUT2D eigenvalue weighted by Gasteiger charge is 2.15. The number of nitrogens with one attached hydrogen (secondary N) is 2. The molecule has 0 fully saturated rings. The van der Waals surface area contributed by atoms with E-state index >= 15 is 0 Å². The molecule has 31 heavy (non-hydrogen) atoms. The van der Waals surface area contributed by atoms with Crippen molar-refractivity contribution in [2.45, 2.75) is 33.7 Å². The second-order valence-corrected chi connectivity index (χ2v) is 8.50. The quantitative estimate of drug-likeness (QED) is 0.374. The van der Waals surface area contributed by atoms with Crippen LogP contribution in [0.15, 0.2) is 67.0 Å². The Morgan fingerprint density at radius 1 is 1.03 bits per heavy atom. The lowest BCUT2D eigenvalue weighted by Crippen LogP contribution is -2.36. The third-order valence-corrected chi connectivity index (χ3v) is 5.92. The van der Waals surface area contributed by atoms with Crippen LogP contribution in [0.4, 0.5) is 5.69 Å². The van der Waals surface area contributed by atoms with Gasteiger partial charge in [0.1, 0.15) is 0 Å². The van der Waals surface area contributed by atoms with Gasteiger partial charge in [-0.05, 0) is 86.4 Å². The summed E-state index contributed by atoms with van der Waals surface area (Å²) in [7, 11) is 0. The Labute approximate surface area is 189 Å². The maximum Gasteiger partial charge on any atom is 0.173 e. The predicted molar refractivity (Wildman–Crippen MR) is 134 cm³/mol. The van der Waals surface area contributed by atoms with Crippen LogP contribution in [0.1, 0.15) is 27.9 Å². The number of pyridine rings is 1. The van der Waals surface area contributed by atoms with Crippen LogP contribution < -0.4 is 5.32 Å². The molecule has 0 amide bonds. The highest BCUT2D eigenvalue weighted by molar-refractivity contribution is 7.80. The molecule has 0 radical (unpaired) electrons. The minimum atomic E-state index is 0.714. The molecule has 2 aromatic carbocycles. The number of H-pyrrole nitrogens is 1. The molecule has 2 aromatic heterocycles. The van der Waals surface area contributed by atoms with Gasteiger partial charge in [0.25, 0.3) is 0 Å². The Balaban J connectivity index is 1.56. The van der Waals surface area contributed by atoms with Gasteiger partial charge in [-0.15, -0.1) is 0 Å². The third kappa shape index (κ3) is 5.12. The van der Waals surface area contributed by atoms with E-state index in [1.54, 1.807) is 6.20 Å². The Kier molecular flexibility index (Phi) is 6.33. The molecule has 0 atom stereocenters. The van der Waals surface area contributed by atoms with Gasteiger partial charge in [-0.25, -0.2) is 0 Å². The summed E-state index contributed by atoms with van der Waals surface area (Å²) in [6.45, 7) is 7.91. The van der Waals surface area contributed by atoms with Gasteiger partial charge in [-0.2, -0.15) is 0 Å². The minimum Gasteiger partial charge on any atom is -0.358 e. The zero-order chi connectivity index (χ0) is 21.8. The largest absolute Gasteiger partial charge is 0.358 e. The molecule has 2 heterocycles. The van der Waals surface area contributed by atoms with Gasteiger partial charge in [0.05, 0.1) is 0 Å². The van der Waals surface area contributed by atoms with Gasteiger partial charge < -0.3 is 15.2 Å². The number of hydrogen-bond acceptors (Lipinski definition) is 2. The highest BCUT2D eigenvalue weighted by Crippen LogP contribution is 2.24. The van der Waals surface area contributed by atoms with Crippen molar-refractivity contribution in [2.75, 3.05) is 11.9 Å². The first-order valence-electron chi connectivity index (χ1n) is 10.6. The van der Waals surface area contributed by atoms with Crippen molar-refractivity contribution in [1.82, 2.24) is 14.9 Å². The van der Waals surface area contributed by atoms with Crippen molar-refractivity contribution >= 4 is 33.9 Å². The fraction of sp³-hybridized carbons (Fsp3) is 0.231. The van der Waals surface area contributed by atoms with Crippen molar-refractivity contribution in [3.8, 4) is 0 Å². The summed E-state index contributed by atoms with van der Waals surface area (Å²) < 4.78 is 0. The molecule has 0 aliphatic rings. The lowest BCUT2D eigenvalue weighted by Gasteiger charge is -2.26. The van der Waals surface area contributed by atoms with E-state index in [9.17, 15) is 0 Å². The van der Waals surface area contributed by atoms with E-state index < -0.39 is 0 Å². The normalized spacial score (nSPS) is 10.9. The molecule has 0 unspecified atom stereocenters. The van der Waals surface area contributed by atoms with Crippen LogP contribution in [-0.4, -0.2) is 26.5 Å². The molecule has 4 rings (SSSR count). The molecule has 4 nitrogen and oxygen atoms in total. The predicted octanol–water partition coefficient (Wildman–Crippen LogP) is 5.93. The van der Waals surface area contributed by atoms with Crippen molar-refractivity contribution in [3.05, 3.63) is 94.9 Å². The summed E-state index contributed by atoms with van der Waals surface area (Å²) in [4.78, 5) is 10.0. The van der Waals surface area contributed by atoms with Crippen molar-refractivity contribution < 1.29 is 0 Å². The van der Waals surface area contributed by atoms with E-state index in [1.165, 1.54) is 33.3 Å². The first kappa shape index (κ1) is 21.1. The molecular formula is C26H28N4S. The van der Waals surface area contributed by atoms with Gasteiger partial charge in [0, 0.05) is 47.8 Å². The molecule has 0 saturated heterocycles. The summed E-state index contributed by atoms with van der Waals surface area (Å²) in [5.41, 5.74) is 8.40. The smallest absolute Gasteiger partial charge is 0.173 e. The zero-order valence-electron chi connectivity index (χ0n) is 18.3. The molecule has 0 saturated carbocycles. The molecule has 0 aliphatic carbocycles. The average Bonchev–Trinajstić information content (AvgIpc) is 3.06. The second kappa shape index (κ2) is 9.31. The number of rotatable bonds is 6. The summed E-state index contributed by atoms with van der Waals surface area (Å²) in [5, 5.41) is 5.45. The number of thiocarbonyl (C=S) groups is 1. The van der Waals surface area contributed by atoms with Crippen molar-refractivity contribution in [2.24, 2.45) is 0 Å². The molecule has 5 heteroatoms. The maximum absolute atomic E-state index is 5.83. The molecule has 158 valence electrons. The summed E-state index contributed by atoms with van der Waals surface area (Å²) in [6, 6.07) is 18.9. The maximum atomic E-state index is 5.83. The van der Waals surface area contributed by atoms with E-state index in [0.29, 0.717) is 6.54 Å². The van der Waals surface area contributed by atoms with Crippen LogP contribution in [0.2, 0.25) is 0 Å². The van der Waals surface area contributed by atoms with Gasteiger partial charge in [-0.1, -0.05) is 29.8 Å². The standard InChI is InChI=1S/C26H28N4S/c1-18-6-4-8-22(14-18)29-26(31)30(17-21-7-5-12-27-16-21)13-11-23-20(3)28-25-10-9-19(2)15-24(23)25/h4-10,12,14-16,28H,11,13,17H2,1-3H3,(H,29,31). The van der Waals surface area contributed by atoms with Crippen LogP contribution in [0.5, 0.6) is 0 Å². The zero-order valence-corrected chi connectivity index (χ0v) is 19.1. The molecule has 0 spiro atoms. The fourth-order valence-corrected chi connectivity index (χ4v) is 4.23. The van der Waals surface area contributed by atoms with Gasteiger partial charge >= 0.3 is 0 Å².